The van der Waals surface area contributed by atoms with E-state index in [1.165, 1.54) is 0 Å². The molecule has 1 atom stereocenters. The molecule has 110 valence electrons. The highest BCUT2D eigenvalue weighted by atomic mass is 79.9. The van der Waals surface area contributed by atoms with Gasteiger partial charge < -0.3 is 15.7 Å². The van der Waals surface area contributed by atoms with Gasteiger partial charge in [0.25, 0.3) is 0 Å². The van der Waals surface area contributed by atoms with Gasteiger partial charge in [-0.1, -0.05) is 29.8 Å². The predicted molar refractivity (Wildman–Crippen MR) is 84.8 cm³/mol. The summed E-state index contributed by atoms with van der Waals surface area (Å²) in [6.07, 6.45) is 0. The summed E-state index contributed by atoms with van der Waals surface area (Å²) >= 11 is 6.64. The van der Waals surface area contributed by atoms with Gasteiger partial charge in [-0.3, -0.25) is 4.79 Å². The maximum absolute atomic E-state index is 11.8. The summed E-state index contributed by atoms with van der Waals surface area (Å²) < 4.78 is 1.58. The molecule has 0 heterocycles. The Hall–Kier alpha value is -1.08. The Morgan fingerprint density at radius 3 is 2.50 bits per heavy atom. The zero-order chi connectivity index (χ0) is 15.3. The number of carboxylic acid groups (broad SMARTS) is 1. The van der Waals surface area contributed by atoms with Crippen LogP contribution in [0.4, 0.5) is 10.5 Å². The lowest BCUT2D eigenvalue weighted by atomic mass is 9.96. The van der Waals surface area contributed by atoms with Crippen LogP contribution in [0.5, 0.6) is 0 Å². The predicted octanol–water partition coefficient (Wildman–Crippen LogP) is 3.69. The highest BCUT2D eigenvalue weighted by molar-refractivity contribution is 9.11. The Labute approximate surface area is 134 Å². The average Bonchev–Trinajstić information content (AvgIpc) is 2.33. The van der Waals surface area contributed by atoms with E-state index in [2.05, 4.69) is 42.5 Å². The lowest BCUT2D eigenvalue weighted by Crippen LogP contribution is -2.37. The molecule has 0 spiro atoms. The summed E-state index contributed by atoms with van der Waals surface area (Å²) in [5, 5.41) is 14.3. The molecule has 20 heavy (non-hydrogen) atoms. The van der Waals surface area contributed by atoms with Crippen LogP contribution in [0.2, 0.25) is 0 Å². The van der Waals surface area contributed by atoms with Gasteiger partial charge >= 0.3 is 12.0 Å². The molecule has 0 aliphatic rings. The topological polar surface area (TPSA) is 78.4 Å². The molecular formula is C13H16Br2N2O3. The molecule has 1 aromatic carbocycles. The number of benzene rings is 1. The number of carboxylic acids is 1. The normalized spacial score (nSPS) is 12.1. The second kappa shape index (κ2) is 7.64. The van der Waals surface area contributed by atoms with Crippen molar-refractivity contribution in [3.63, 3.8) is 0 Å². The molecule has 0 aliphatic heterocycles. The minimum absolute atomic E-state index is 0.0506. The van der Waals surface area contributed by atoms with Crippen LogP contribution >= 0.6 is 31.9 Å². The first kappa shape index (κ1) is 17.0. The second-order valence-electron chi connectivity index (χ2n) is 4.65. The Morgan fingerprint density at radius 1 is 1.30 bits per heavy atom. The maximum atomic E-state index is 11.8. The highest BCUT2D eigenvalue weighted by Crippen LogP contribution is 2.26. The minimum Gasteiger partial charge on any atom is -0.481 e. The molecule has 2 amide bonds. The largest absolute Gasteiger partial charge is 0.481 e. The van der Waals surface area contributed by atoms with Crippen LogP contribution in [0, 0.1) is 11.8 Å². The number of carbonyl (C=O) groups excluding carboxylic acids is 1. The van der Waals surface area contributed by atoms with Crippen molar-refractivity contribution in [1.29, 1.82) is 0 Å². The van der Waals surface area contributed by atoms with Crippen LogP contribution in [-0.2, 0) is 4.79 Å². The summed E-state index contributed by atoms with van der Waals surface area (Å²) in [4.78, 5) is 22.8. The molecule has 0 fully saturated rings. The second-order valence-corrected chi connectivity index (χ2v) is 6.42. The standard InChI is InChI=1S/C13H16Br2N2O3/c1-7(2)9(12(18)19)6-16-13(20)17-11-5-8(14)3-4-10(11)15/h3-5,7,9H,6H2,1-2H3,(H,18,19)(H2,16,17,20). The summed E-state index contributed by atoms with van der Waals surface area (Å²) in [5.74, 6) is -1.57. The van der Waals surface area contributed by atoms with E-state index in [1.54, 1.807) is 12.1 Å². The number of halogens is 2. The quantitative estimate of drug-likeness (QED) is 0.696. The SMILES string of the molecule is CC(C)C(CNC(=O)Nc1cc(Br)ccc1Br)C(=O)O. The first-order valence-electron chi connectivity index (χ1n) is 6.04. The van der Waals surface area contributed by atoms with Crippen molar-refractivity contribution in [2.75, 3.05) is 11.9 Å². The van der Waals surface area contributed by atoms with E-state index in [4.69, 9.17) is 5.11 Å². The molecular weight excluding hydrogens is 392 g/mol. The van der Waals surface area contributed by atoms with Crippen molar-refractivity contribution in [2.24, 2.45) is 11.8 Å². The minimum atomic E-state index is -0.913. The van der Waals surface area contributed by atoms with Crippen LogP contribution in [-0.4, -0.2) is 23.7 Å². The van der Waals surface area contributed by atoms with Gasteiger partial charge in [0.1, 0.15) is 0 Å². The smallest absolute Gasteiger partial charge is 0.319 e. The van der Waals surface area contributed by atoms with E-state index in [1.807, 2.05) is 19.9 Å². The monoisotopic (exact) mass is 406 g/mol. The van der Waals surface area contributed by atoms with Gasteiger partial charge in [-0.25, -0.2) is 4.79 Å². The van der Waals surface area contributed by atoms with Crippen molar-refractivity contribution >= 4 is 49.5 Å². The number of aliphatic carboxylic acids is 1. The zero-order valence-electron chi connectivity index (χ0n) is 11.1. The maximum Gasteiger partial charge on any atom is 0.319 e. The molecule has 3 N–H and O–H groups in total. The third kappa shape index (κ3) is 5.13. The summed E-state index contributed by atoms with van der Waals surface area (Å²) in [5.41, 5.74) is 0.605. The fraction of sp³-hybridized carbons (Fsp3) is 0.385. The summed E-state index contributed by atoms with van der Waals surface area (Å²) in [7, 11) is 0. The van der Waals surface area contributed by atoms with E-state index >= 15 is 0 Å². The Morgan fingerprint density at radius 2 is 1.95 bits per heavy atom. The lowest BCUT2D eigenvalue weighted by Gasteiger charge is -2.17. The van der Waals surface area contributed by atoms with Gasteiger partial charge in [0, 0.05) is 15.5 Å². The molecule has 7 heteroatoms. The van der Waals surface area contributed by atoms with Gasteiger partial charge in [0.05, 0.1) is 11.6 Å². The van der Waals surface area contributed by atoms with Gasteiger partial charge in [-0.15, -0.1) is 0 Å². The van der Waals surface area contributed by atoms with Crippen LogP contribution in [0.1, 0.15) is 13.8 Å². The number of anilines is 1. The van der Waals surface area contributed by atoms with E-state index in [0.717, 1.165) is 8.95 Å². The first-order chi connectivity index (χ1) is 9.31. The van der Waals surface area contributed by atoms with Gasteiger partial charge in [-0.05, 0) is 40.0 Å². The lowest BCUT2D eigenvalue weighted by molar-refractivity contribution is -0.142. The first-order valence-corrected chi connectivity index (χ1v) is 7.62. The van der Waals surface area contributed by atoms with Gasteiger partial charge in [0.2, 0.25) is 0 Å². The number of urea groups is 1. The van der Waals surface area contributed by atoms with Crippen LogP contribution in [0.25, 0.3) is 0 Å². The molecule has 1 unspecified atom stereocenters. The van der Waals surface area contributed by atoms with E-state index < -0.39 is 17.9 Å². The van der Waals surface area contributed by atoms with Crippen molar-refractivity contribution < 1.29 is 14.7 Å². The van der Waals surface area contributed by atoms with E-state index in [-0.39, 0.29) is 12.5 Å². The molecule has 0 aliphatic carbocycles. The van der Waals surface area contributed by atoms with Crippen molar-refractivity contribution in [3.05, 3.63) is 27.1 Å². The summed E-state index contributed by atoms with van der Waals surface area (Å²) in [6, 6.07) is 4.96. The van der Waals surface area contributed by atoms with Crippen LogP contribution < -0.4 is 10.6 Å². The van der Waals surface area contributed by atoms with Crippen molar-refractivity contribution in [1.82, 2.24) is 5.32 Å². The third-order valence-corrected chi connectivity index (χ3v) is 3.97. The van der Waals surface area contributed by atoms with Crippen LogP contribution in [0.3, 0.4) is 0 Å². The third-order valence-electron chi connectivity index (χ3n) is 2.78. The number of carbonyl (C=O) groups is 2. The van der Waals surface area contributed by atoms with Crippen molar-refractivity contribution in [3.8, 4) is 0 Å². The van der Waals surface area contributed by atoms with E-state index in [0.29, 0.717) is 5.69 Å². The van der Waals surface area contributed by atoms with Gasteiger partial charge in [0.15, 0.2) is 0 Å². The Bertz CT molecular complexity index is 506. The fourth-order valence-electron chi connectivity index (χ4n) is 1.57. The molecule has 1 rings (SSSR count). The van der Waals surface area contributed by atoms with Crippen molar-refractivity contribution in [2.45, 2.75) is 13.8 Å². The summed E-state index contributed by atoms with van der Waals surface area (Å²) in [6.45, 7) is 3.71. The van der Waals surface area contributed by atoms with E-state index in [9.17, 15) is 9.59 Å². The molecule has 0 aromatic heterocycles. The number of amides is 2. The Kier molecular flexibility index (Phi) is 6.48. The Balaban J connectivity index is 2.60. The van der Waals surface area contributed by atoms with Gasteiger partial charge in [-0.2, -0.15) is 0 Å². The number of rotatable bonds is 5. The molecule has 1 aromatic rings. The molecule has 0 saturated heterocycles. The number of nitrogens with one attached hydrogen (secondary N) is 2. The van der Waals surface area contributed by atoms with Crippen LogP contribution in [0.15, 0.2) is 27.1 Å². The molecule has 5 nitrogen and oxygen atoms in total. The highest BCUT2D eigenvalue weighted by Gasteiger charge is 2.22. The molecule has 0 bridgehead atoms. The molecule has 0 radical (unpaired) electrons. The number of hydrogen-bond donors (Lipinski definition) is 3. The average molecular weight is 408 g/mol. The zero-order valence-corrected chi connectivity index (χ0v) is 14.3. The molecule has 0 saturated carbocycles. The number of hydrogen-bond acceptors (Lipinski definition) is 2. The fourth-order valence-corrected chi connectivity index (χ4v) is 2.28.